The third kappa shape index (κ3) is 3.92. The van der Waals surface area contributed by atoms with E-state index in [2.05, 4.69) is 4.98 Å². The van der Waals surface area contributed by atoms with Gasteiger partial charge in [0.15, 0.2) is 0 Å². The average Bonchev–Trinajstić information content (AvgIpc) is 3.01. The molecule has 2 aromatic rings. The standard InChI is InChI=1S/C17H19N3O7/c21-9-13-12(22)6-14(27-13)20-8-11(15(23)18-16(20)24)19(17(25)26)7-10-4-2-1-3-5-10/h1-5,8,12-14,21-22H,6-7,9H2,(H,25,26)(H,18,23,24)/t12-,13+,14+/m0/s1. The molecule has 0 bridgehead atoms. The van der Waals surface area contributed by atoms with Gasteiger partial charge in [0.2, 0.25) is 0 Å². The van der Waals surface area contributed by atoms with E-state index < -0.39 is 42.4 Å². The maximum atomic E-state index is 12.2. The number of aliphatic hydroxyl groups is 2. The molecule has 1 saturated heterocycles. The number of nitrogens with one attached hydrogen (secondary N) is 1. The number of nitrogens with zero attached hydrogens (tertiary/aromatic N) is 2. The summed E-state index contributed by atoms with van der Waals surface area (Å²) in [5, 5.41) is 28.6. The second-order valence-electron chi connectivity index (χ2n) is 6.15. The highest BCUT2D eigenvalue weighted by atomic mass is 16.5. The number of rotatable bonds is 5. The molecule has 3 atom stereocenters. The summed E-state index contributed by atoms with van der Waals surface area (Å²) in [7, 11) is 0. The Labute approximate surface area is 152 Å². The van der Waals surface area contributed by atoms with Gasteiger partial charge in [0.25, 0.3) is 5.56 Å². The number of amides is 1. The first-order valence-electron chi connectivity index (χ1n) is 8.25. The summed E-state index contributed by atoms with van der Waals surface area (Å²) >= 11 is 0. The molecule has 0 unspecified atom stereocenters. The number of anilines is 1. The van der Waals surface area contributed by atoms with Crippen molar-refractivity contribution in [2.75, 3.05) is 11.5 Å². The Bertz CT molecular complexity index is 924. The van der Waals surface area contributed by atoms with Gasteiger partial charge in [-0.05, 0) is 5.56 Å². The Hall–Kier alpha value is -2.95. The quantitative estimate of drug-likeness (QED) is 0.567. The molecule has 27 heavy (non-hydrogen) atoms. The fourth-order valence-electron chi connectivity index (χ4n) is 2.95. The molecular formula is C17H19N3O7. The normalized spacial score (nSPS) is 21.9. The van der Waals surface area contributed by atoms with Crippen LogP contribution in [0, 0.1) is 0 Å². The maximum absolute atomic E-state index is 12.2. The zero-order valence-electron chi connectivity index (χ0n) is 14.2. The third-order valence-electron chi connectivity index (χ3n) is 4.35. The lowest BCUT2D eigenvalue weighted by molar-refractivity contribution is -0.0458. The molecule has 1 aromatic carbocycles. The van der Waals surface area contributed by atoms with Gasteiger partial charge in [0.1, 0.15) is 18.0 Å². The largest absolute Gasteiger partial charge is 0.465 e. The molecule has 10 heteroatoms. The topological polar surface area (TPSA) is 145 Å². The van der Waals surface area contributed by atoms with Crippen LogP contribution in [0.15, 0.2) is 46.1 Å². The highest BCUT2D eigenvalue weighted by molar-refractivity contribution is 5.85. The summed E-state index contributed by atoms with van der Waals surface area (Å²) in [6, 6.07) is 8.68. The van der Waals surface area contributed by atoms with E-state index in [1.807, 2.05) is 0 Å². The Morgan fingerprint density at radius 3 is 2.59 bits per heavy atom. The van der Waals surface area contributed by atoms with Gasteiger partial charge >= 0.3 is 11.8 Å². The molecule has 0 spiro atoms. The second-order valence-corrected chi connectivity index (χ2v) is 6.15. The van der Waals surface area contributed by atoms with Crippen molar-refractivity contribution < 1.29 is 24.9 Å². The molecule has 0 radical (unpaired) electrons. The molecule has 144 valence electrons. The van der Waals surface area contributed by atoms with Crippen LogP contribution in [0.25, 0.3) is 0 Å². The van der Waals surface area contributed by atoms with Crippen LogP contribution in [0.1, 0.15) is 18.2 Å². The summed E-state index contributed by atoms with van der Waals surface area (Å²) in [5.41, 5.74) is -1.25. The van der Waals surface area contributed by atoms with Crippen molar-refractivity contribution in [1.29, 1.82) is 0 Å². The van der Waals surface area contributed by atoms with Crippen LogP contribution in [-0.4, -0.2) is 49.8 Å². The van der Waals surface area contributed by atoms with Crippen LogP contribution in [0.4, 0.5) is 10.5 Å². The van der Waals surface area contributed by atoms with E-state index in [0.717, 1.165) is 15.7 Å². The van der Waals surface area contributed by atoms with Gasteiger partial charge in [-0.1, -0.05) is 30.3 Å². The number of carboxylic acid groups (broad SMARTS) is 1. The Morgan fingerprint density at radius 1 is 1.30 bits per heavy atom. The molecule has 3 rings (SSSR count). The van der Waals surface area contributed by atoms with E-state index in [4.69, 9.17) is 4.74 Å². The lowest BCUT2D eigenvalue weighted by Crippen LogP contribution is -2.39. The van der Waals surface area contributed by atoms with Gasteiger partial charge in [0.05, 0.1) is 19.3 Å². The number of ether oxygens (including phenoxy) is 1. The van der Waals surface area contributed by atoms with Crippen LogP contribution < -0.4 is 16.1 Å². The average molecular weight is 377 g/mol. The predicted octanol–water partition coefficient (Wildman–Crippen LogP) is -0.138. The van der Waals surface area contributed by atoms with Crippen molar-refractivity contribution in [3.05, 3.63) is 62.9 Å². The molecule has 1 aromatic heterocycles. The van der Waals surface area contributed by atoms with Crippen LogP contribution in [0.3, 0.4) is 0 Å². The number of H-pyrrole nitrogens is 1. The summed E-state index contributed by atoms with van der Waals surface area (Å²) in [4.78, 5) is 39.0. The zero-order valence-corrected chi connectivity index (χ0v) is 14.2. The fourth-order valence-corrected chi connectivity index (χ4v) is 2.95. The lowest BCUT2D eigenvalue weighted by Gasteiger charge is -2.21. The van der Waals surface area contributed by atoms with Crippen LogP contribution in [0.2, 0.25) is 0 Å². The highest BCUT2D eigenvalue weighted by Crippen LogP contribution is 2.28. The first-order valence-corrected chi connectivity index (χ1v) is 8.25. The van der Waals surface area contributed by atoms with E-state index in [9.17, 15) is 29.7 Å². The van der Waals surface area contributed by atoms with Gasteiger partial charge < -0.3 is 20.1 Å². The summed E-state index contributed by atoms with van der Waals surface area (Å²) < 4.78 is 6.43. The smallest absolute Gasteiger partial charge is 0.412 e. The minimum absolute atomic E-state index is 0.0162. The number of carbonyl (C=O) groups is 1. The molecule has 4 N–H and O–H groups in total. The first kappa shape index (κ1) is 18.8. The van der Waals surface area contributed by atoms with Gasteiger partial charge in [-0.25, -0.2) is 9.59 Å². The van der Waals surface area contributed by atoms with Crippen molar-refractivity contribution in [2.45, 2.75) is 31.4 Å². The van der Waals surface area contributed by atoms with E-state index >= 15 is 0 Å². The van der Waals surface area contributed by atoms with Gasteiger partial charge in [-0.15, -0.1) is 0 Å². The van der Waals surface area contributed by atoms with E-state index in [0.29, 0.717) is 5.56 Å². The molecule has 0 saturated carbocycles. The minimum atomic E-state index is -1.37. The highest BCUT2D eigenvalue weighted by Gasteiger charge is 2.35. The minimum Gasteiger partial charge on any atom is -0.465 e. The maximum Gasteiger partial charge on any atom is 0.412 e. The number of benzene rings is 1. The number of aliphatic hydroxyl groups excluding tert-OH is 2. The van der Waals surface area contributed by atoms with Gasteiger partial charge in [-0.3, -0.25) is 19.2 Å². The first-order chi connectivity index (χ1) is 12.9. The molecule has 1 fully saturated rings. The van der Waals surface area contributed by atoms with Gasteiger partial charge in [-0.2, -0.15) is 0 Å². The number of aromatic nitrogens is 2. The Balaban J connectivity index is 1.98. The zero-order chi connectivity index (χ0) is 19.6. The van der Waals surface area contributed by atoms with E-state index in [1.54, 1.807) is 30.3 Å². The molecule has 1 amide bonds. The SMILES string of the molecule is O=C(O)N(Cc1ccccc1)c1cn([C@H]2C[C@H](O)[C@@H](CO)O2)c(=O)[nH]c1=O. The number of hydrogen-bond acceptors (Lipinski definition) is 6. The summed E-state index contributed by atoms with van der Waals surface area (Å²) in [6.45, 7) is -0.525. The summed E-state index contributed by atoms with van der Waals surface area (Å²) in [5.74, 6) is 0. The fraction of sp³-hybridized carbons (Fsp3) is 0.353. The molecule has 0 aliphatic carbocycles. The van der Waals surface area contributed by atoms with Crippen molar-refractivity contribution >= 4 is 11.8 Å². The van der Waals surface area contributed by atoms with E-state index in [-0.39, 0.29) is 18.7 Å². The van der Waals surface area contributed by atoms with E-state index in [1.165, 1.54) is 0 Å². The van der Waals surface area contributed by atoms with Crippen LogP contribution in [-0.2, 0) is 11.3 Å². The molecule has 10 nitrogen and oxygen atoms in total. The Morgan fingerprint density at radius 2 is 2.00 bits per heavy atom. The second kappa shape index (κ2) is 7.74. The number of hydrogen-bond donors (Lipinski definition) is 4. The monoisotopic (exact) mass is 377 g/mol. The van der Waals surface area contributed by atoms with Crippen molar-refractivity contribution in [3.63, 3.8) is 0 Å². The molecular weight excluding hydrogens is 358 g/mol. The lowest BCUT2D eigenvalue weighted by atomic mass is 10.2. The molecule has 1 aliphatic rings. The molecule has 2 heterocycles. The third-order valence-corrected chi connectivity index (χ3v) is 4.35. The molecule has 1 aliphatic heterocycles. The van der Waals surface area contributed by atoms with Gasteiger partial charge in [0, 0.05) is 12.6 Å². The number of aromatic amines is 1. The summed E-state index contributed by atoms with van der Waals surface area (Å²) in [6.07, 6.45) is -3.04. The van der Waals surface area contributed by atoms with Crippen molar-refractivity contribution in [3.8, 4) is 0 Å². The van der Waals surface area contributed by atoms with Crippen molar-refractivity contribution in [1.82, 2.24) is 9.55 Å². The van der Waals surface area contributed by atoms with Crippen molar-refractivity contribution in [2.24, 2.45) is 0 Å². The Kier molecular flexibility index (Phi) is 5.40. The van der Waals surface area contributed by atoms with Crippen LogP contribution in [0.5, 0.6) is 0 Å². The predicted molar refractivity (Wildman–Crippen MR) is 93.6 cm³/mol. The van der Waals surface area contributed by atoms with Crippen LogP contribution >= 0.6 is 0 Å².